The third-order valence-corrected chi connectivity index (χ3v) is 4.36. The van der Waals surface area contributed by atoms with E-state index in [2.05, 4.69) is 10.3 Å². The highest BCUT2D eigenvalue weighted by atomic mass is 16.5. The summed E-state index contributed by atoms with van der Waals surface area (Å²) in [4.78, 5) is 26.9. The first kappa shape index (κ1) is 15.6. The summed E-state index contributed by atoms with van der Waals surface area (Å²) in [5, 5.41) is 4.40. The number of ether oxygens (including phenoxy) is 2. The number of methoxy groups -OCH3 is 2. The van der Waals surface area contributed by atoms with Gasteiger partial charge in [0.25, 0.3) is 0 Å². The van der Waals surface area contributed by atoms with E-state index in [-0.39, 0.29) is 24.4 Å². The van der Waals surface area contributed by atoms with Gasteiger partial charge in [0.2, 0.25) is 0 Å². The van der Waals surface area contributed by atoms with Crippen LogP contribution in [0.4, 0.5) is 0 Å². The fourth-order valence-corrected chi connectivity index (χ4v) is 3.21. The molecule has 2 heterocycles. The summed E-state index contributed by atoms with van der Waals surface area (Å²) in [6.07, 6.45) is 1.41. The van der Waals surface area contributed by atoms with Crippen molar-refractivity contribution in [2.75, 3.05) is 14.2 Å². The maximum Gasteiger partial charge on any atom is 0.323 e. The average Bonchev–Trinajstić information content (AvgIpc) is 2.97. The lowest BCUT2D eigenvalue weighted by molar-refractivity contribution is -0.143. The average molecular weight is 316 g/mol. The minimum absolute atomic E-state index is 0.116. The van der Waals surface area contributed by atoms with Crippen molar-refractivity contribution < 1.29 is 19.1 Å². The molecule has 0 spiro atoms. The highest BCUT2D eigenvalue weighted by Gasteiger charge is 2.33. The van der Waals surface area contributed by atoms with Crippen LogP contribution in [0.25, 0.3) is 10.9 Å². The van der Waals surface area contributed by atoms with Crippen molar-refractivity contribution in [3.05, 3.63) is 35.5 Å². The molecule has 0 bridgehead atoms. The molecule has 0 saturated carbocycles. The summed E-state index contributed by atoms with van der Waals surface area (Å²) in [6, 6.07) is 7.48. The SMILES string of the molecule is COC(=O)CC[C@@H]1N[C@H](C(=O)OC)Cc2c1[nH]c1ccccc21. The number of aromatic nitrogens is 1. The number of esters is 2. The Bertz CT molecular complexity index is 737. The van der Waals surface area contributed by atoms with Gasteiger partial charge in [-0.25, -0.2) is 0 Å². The predicted molar refractivity (Wildman–Crippen MR) is 84.9 cm³/mol. The summed E-state index contributed by atoms with van der Waals surface area (Å²) in [6.45, 7) is 0. The van der Waals surface area contributed by atoms with E-state index < -0.39 is 6.04 Å². The maximum absolute atomic E-state index is 12.0. The van der Waals surface area contributed by atoms with Gasteiger partial charge in [-0.1, -0.05) is 18.2 Å². The molecule has 2 N–H and O–H groups in total. The van der Waals surface area contributed by atoms with Gasteiger partial charge < -0.3 is 14.5 Å². The van der Waals surface area contributed by atoms with Crippen LogP contribution in [0.3, 0.4) is 0 Å². The summed E-state index contributed by atoms with van der Waals surface area (Å²) in [7, 11) is 2.76. The molecule has 122 valence electrons. The number of fused-ring (bicyclic) bond motifs is 3. The number of hydrogen-bond acceptors (Lipinski definition) is 5. The molecule has 2 aromatic rings. The van der Waals surface area contributed by atoms with Crippen LogP contribution in [0.2, 0.25) is 0 Å². The minimum Gasteiger partial charge on any atom is -0.469 e. The van der Waals surface area contributed by atoms with Crippen molar-refractivity contribution in [2.45, 2.75) is 31.3 Å². The number of para-hydroxylation sites is 1. The van der Waals surface area contributed by atoms with Crippen molar-refractivity contribution in [3.63, 3.8) is 0 Å². The monoisotopic (exact) mass is 316 g/mol. The molecule has 1 aliphatic rings. The number of H-pyrrole nitrogens is 1. The molecule has 1 aromatic heterocycles. The number of benzene rings is 1. The number of carbonyl (C=O) groups is 2. The van der Waals surface area contributed by atoms with E-state index in [4.69, 9.17) is 9.47 Å². The molecular weight excluding hydrogens is 296 g/mol. The minimum atomic E-state index is -0.408. The molecule has 0 radical (unpaired) electrons. The number of rotatable bonds is 4. The topological polar surface area (TPSA) is 80.4 Å². The molecule has 23 heavy (non-hydrogen) atoms. The van der Waals surface area contributed by atoms with Gasteiger partial charge in [0.1, 0.15) is 6.04 Å². The van der Waals surface area contributed by atoms with Crippen molar-refractivity contribution in [1.29, 1.82) is 0 Å². The Morgan fingerprint density at radius 3 is 2.74 bits per heavy atom. The Labute approximate surface area is 134 Å². The second-order valence-corrected chi connectivity index (χ2v) is 5.68. The lowest BCUT2D eigenvalue weighted by Crippen LogP contribution is -2.45. The first-order valence-corrected chi connectivity index (χ1v) is 7.64. The molecule has 0 unspecified atom stereocenters. The van der Waals surface area contributed by atoms with Crippen LogP contribution in [-0.4, -0.2) is 37.2 Å². The van der Waals surface area contributed by atoms with Gasteiger partial charge in [0.05, 0.1) is 14.2 Å². The molecular formula is C17H20N2O4. The Morgan fingerprint density at radius 2 is 2.00 bits per heavy atom. The van der Waals surface area contributed by atoms with Crippen molar-refractivity contribution in [2.24, 2.45) is 0 Å². The Kier molecular flexibility index (Phi) is 4.34. The lowest BCUT2D eigenvalue weighted by Gasteiger charge is -2.29. The Hall–Kier alpha value is -2.34. The largest absolute Gasteiger partial charge is 0.469 e. The standard InChI is InChI=1S/C17H20N2O4/c1-22-15(20)8-7-13-16-11(9-14(18-13)17(21)23-2)10-5-3-4-6-12(10)19-16/h3-6,13-14,18-19H,7-9H2,1-2H3/t13-,14-/m0/s1. The zero-order valence-corrected chi connectivity index (χ0v) is 13.2. The third kappa shape index (κ3) is 2.94. The van der Waals surface area contributed by atoms with E-state index in [1.165, 1.54) is 14.2 Å². The lowest BCUT2D eigenvalue weighted by atomic mass is 9.92. The molecule has 6 heteroatoms. The first-order chi connectivity index (χ1) is 11.1. The second kappa shape index (κ2) is 6.42. The van der Waals surface area contributed by atoms with Gasteiger partial charge in [-0.2, -0.15) is 0 Å². The Morgan fingerprint density at radius 1 is 1.22 bits per heavy atom. The van der Waals surface area contributed by atoms with Crippen molar-refractivity contribution in [3.8, 4) is 0 Å². The summed E-state index contributed by atoms with van der Waals surface area (Å²) in [5.74, 6) is -0.548. The van der Waals surface area contributed by atoms with Gasteiger partial charge in [0.15, 0.2) is 0 Å². The highest BCUT2D eigenvalue weighted by Crippen LogP contribution is 2.34. The predicted octanol–water partition coefficient (Wildman–Crippen LogP) is 1.85. The molecule has 0 amide bonds. The van der Waals surface area contributed by atoms with E-state index in [1.54, 1.807) is 0 Å². The van der Waals surface area contributed by atoms with E-state index in [0.717, 1.165) is 22.2 Å². The summed E-state index contributed by atoms with van der Waals surface area (Å²) < 4.78 is 9.60. The summed E-state index contributed by atoms with van der Waals surface area (Å²) >= 11 is 0. The molecule has 6 nitrogen and oxygen atoms in total. The van der Waals surface area contributed by atoms with Crippen molar-refractivity contribution >= 4 is 22.8 Å². The van der Waals surface area contributed by atoms with Crippen molar-refractivity contribution in [1.82, 2.24) is 10.3 Å². The molecule has 0 fully saturated rings. The van der Waals surface area contributed by atoms with Gasteiger partial charge in [-0.3, -0.25) is 14.9 Å². The molecule has 1 aliphatic heterocycles. The van der Waals surface area contributed by atoms with Gasteiger partial charge in [-0.15, -0.1) is 0 Å². The van der Waals surface area contributed by atoms with Gasteiger partial charge in [-0.05, 0) is 18.1 Å². The van der Waals surface area contributed by atoms with Crippen LogP contribution in [0.15, 0.2) is 24.3 Å². The third-order valence-electron chi connectivity index (χ3n) is 4.36. The second-order valence-electron chi connectivity index (χ2n) is 5.68. The molecule has 0 saturated heterocycles. The summed E-state index contributed by atoms with van der Waals surface area (Å²) in [5.41, 5.74) is 3.19. The van der Waals surface area contributed by atoms with E-state index in [9.17, 15) is 9.59 Å². The van der Waals surface area contributed by atoms with E-state index >= 15 is 0 Å². The van der Waals surface area contributed by atoms with Crippen LogP contribution >= 0.6 is 0 Å². The smallest absolute Gasteiger partial charge is 0.323 e. The van der Waals surface area contributed by atoms with Crippen LogP contribution in [0, 0.1) is 0 Å². The van der Waals surface area contributed by atoms with Crippen LogP contribution in [0.5, 0.6) is 0 Å². The highest BCUT2D eigenvalue weighted by molar-refractivity contribution is 5.87. The normalized spacial score (nSPS) is 20.1. The Balaban J connectivity index is 1.95. The molecule has 2 atom stereocenters. The van der Waals surface area contributed by atoms with Crippen LogP contribution in [-0.2, 0) is 25.5 Å². The quantitative estimate of drug-likeness (QED) is 0.842. The number of hydrogen-bond donors (Lipinski definition) is 2. The van der Waals surface area contributed by atoms with Crippen LogP contribution < -0.4 is 5.32 Å². The number of carbonyl (C=O) groups excluding carboxylic acids is 2. The number of nitrogens with one attached hydrogen (secondary N) is 2. The first-order valence-electron chi connectivity index (χ1n) is 7.64. The molecule has 1 aromatic carbocycles. The molecule has 0 aliphatic carbocycles. The fraction of sp³-hybridized carbons (Fsp3) is 0.412. The van der Waals surface area contributed by atoms with Gasteiger partial charge in [0, 0.05) is 35.5 Å². The molecule has 3 rings (SSSR count). The zero-order chi connectivity index (χ0) is 16.4. The van der Waals surface area contributed by atoms with E-state index in [1.807, 2.05) is 24.3 Å². The zero-order valence-electron chi connectivity index (χ0n) is 13.2. The van der Waals surface area contributed by atoms with Crippen LogP contribution in [0.1, 0.15) is 30.1 Å². The maximum atomic E-state index is 12.0. The van der Waals surface area contributed by atoms with Gasteiger partial charge >= 0.3 is 11.9 Å². The number of aromatic amines is 1. The fourth-order valence-electron chi connectivity index (χ4n) is 3.21. The van der Waals surface area contributed by atoms with E-state index in [0.29, 0.717) is 12.8 Å².